The summed E-state index contributed by atoms with van der Waals surface area (Å²) in [6.07, 6.45) is 6.37. The number of nitrogens with zero attached hydrogens (tertiary/aromatic N) is 7. The predicted octanol–water partition coefficient (Wildman–Crippen LogP) is 4.67. The summed E-state index contributed by atoms with van der Waals surface area (Å²) in [5.41, 5.74) is 1.94. The van der Waals surface area contributed by atoms with Crippen molar-refractivity contribution in [2.75, 3.05) is 19.6 Å². The van der Waals surface area contributed by atoms with Crippen LogP contribution in [0.3, 0.4) is 0 Å². The molecular weight excluding hydrogens is 314 g/mol. The summed E-state index contributed by atoms with van der Waals surface area (Å²) in [6, 6.07) is 0. The first-order chi connectivity index (χ1) is 11.6. The van der Waals surface area contributed by atoms with Crippen LogP contribution in [0.1, 0.15) is 41.5 Å². The maximum Gasteiger partial charge on any atom is 0.112 e. The molecule has 0 fully saturated rings. The van der Waals surface area contributed by atoms with E-state index < -0.39 is 0 Å². The third kappa shape index (κ3) is 4.15. The smallest absolute Gasteiger partial charge is 0.112 e. The van der Waals surface area contributed by atoms with Crippen molar-refractivity contribution in [2.45, 2.75) is 58.2 Å². The summed E-state index contributed by atoms with van der Waals surface area (Å²) in [4.78, 5) is 2.36. The molecule has 0 N–H and O–H groups in total. The summed E-state index contributed by atoms with van der Waals surface area (Å²) in [5.74, 6) is 0. The first kappa shape index (κ1) is 17.8. The van der Waals surface area contributed by atoms with Gasteiger partial charge in [0.05, 0.1) is 17.1 Å². The molecule has 0 amide bonds. The van der Waals surface area contributed by atoms with Gasteiger partial charge in [-0.1, -0.05) is 0 Å². The summed E-state index contributed by atoms with van der Waals surface area (Å²) >= 11 is 0. The van der Waals surface area contributed by atoms with Crippen molar-refractivity contribution in [1.29, 1.82) is 0 Å². The molecule has 3 atom stereocenters. The minimum absolute atomic E-state index is 0.320. The van der Waals surface area contributed by atoms with Gasteiger partial charge in [-0.25, -0.2) is 0 Å². The lowest BCUT2D eigenvalue weighted by Gasteiger charge is -2.35. The summed E-state index contributed by atoms with van der Waals surface area (Å²) in [5, 5.41) is 26.0. The quantitative estimate of drug-likeness (QED) is 0.691. The minimum Gasteiger partial charge on any atom is -0.295 e. The van der Waals surface area contributed by atoms with Gasteiger partial charge in [0.15, 0.2) is 0 Å². The van der Waals surface area contributed by atoms with Gasteiger partial charge >= 0.3 is 0 Å². The lowest BCUT2D eigenvalue weighted by molar-refractivity contribution is 0.185. The second-order valence-electron chi connectivity index (χ2n) is 8.17. The molecule has 0 aromatic heterocycles. The molecule has 0 aromatic carbocycles. The van der Waals surface area contributed by atoms with E-state index in [0.717, 1.165) is 36.7 Å². The van der Waals surface area contributed by atoms with E-state index >= 15 is 0 Å². The normalized spacial score (nSPS) is 36.4. The molecular formula is C18H27N7. The van der Waals surface area contributed by atoms with Crippen LogP contribution in [0.2, 0.25) is 0 Å². The molecule has 3 unspecified atom stereocenters. The van der Waals surface area contributed by atoms with Crippen molar-refractivity contribution < 1.29 is 0 Å². The van der Waals surface area contributed by atoms with Crippen molar-refractivity contribution >= 4 is 0 Å². The van der Waals surface area contributed by atoms with Crippen LogP contribution < -0.4 is 0 Å². The third-order valence-corrected chi connectivity index (χ3v) is 4.50. The van der Waals surface area contributed by atoms with Gasteiger partial charge in [0, 0.05) is 19.6 Å². The third-order valence-electron chi connectivity index (χ3n) is 4.50. The monoisotopic (exact) mass is 341 g/mol. The molecule has 0 spiro atoms. The van der Waals surface area contributed by atoms with Gasteiger partial charge in [-0.15, -0.1) is 0 Å². The zero-order chi connectivity index (χ0) is 18.3. The molecule has 134 valence electrons. The number of allylic oxidation sites excluding steroid dienone is 3. The van der Waals surface area contributed by atoms with Crippen LogP contribution in [0.15, 0.2) is 66.0 Å². The Morgan fingerprint density at radius 2 is 0.920 bits per heavy atom. The predicted molar refractivity (Wildman–Crippen MR) is 97.5 cm³/mol. The molecule has 3 heterocycles. The molecule has 0 saturated heterocycles. The van der Waals surface area contributed by atoms with E-state index in [1.807, 2.05) is 20.8 Å². The van der Waals surface area contributed by atoms with E-state index in [2.05, 4.69) is 74.6 Å². The molecule has 0 bridgehead atoms. The Kier molecular flexibility index (Phi) is 4.31. The van der Waals surface area contributed by atoms with Crippen LogP contribution in [0.5, 0.6) is 0 Å². The Balaban J connectivity index is 1.81. The fraction of sp³-hybridized carbons (Fsp3) is 0.667. The highest BCUT2D eigenvalue weighted by Gasteiger charge is 2.37. The van der Waals surface area contributed by atoms with Crippen LogP contribution in [-0.4, -0.2) is 41.2 Å². The summed E-state index contributed by atoms with van der Waals surface area (Å²) in [6.45, 7) is 14.5. The fourth-order valence-electron chi connectivity index (χ4n) is 3.86. The van der Waals surface area contributed by atoms with Crippen LogP contribution in [0.25, 0.3) is 0 Å². The van der Waals surface area contributed by atoms with E-state index in [1.165, 1.54) is 0 Å². The van der Waals surface area contributed by atoms with Crippen molar-refractivity contribution in [3.05, 3.63) is 35.3 Å². The molecule has 3 aliphatic rings. The van der Waals surface area contributed by atoms with Gasteiger partial charge < -0.3 is 0 Å². The molecule has 0 saturated carbocycles. The standard InChI is InChI=1S/C18H27N7/c1-13-7-16(4,22-19-13)10-25(11-17(5)8-14(2)20-23-17)12-18(6)9-15(3)21-24-18/h7-9H,10-12H2,1-6H3. The van der Waals surface area contributed by atoms with Crippen LogP contribution >= 0.6 is 0 Å². The summed E-state index contributed by atoms with van der Waals surface area (Å²) < 4.78 is 0. The Bertz CT molecular complexity index is 645. The minimum atomic E-state index is -0.320. The Labute approximate surface area is 149 Å². The zero-order valence-electron chi connectivity index (χ0n) is 16.0. The van der Waals surface area contributed by atoms with Gasteiger partial charge in [0.1, 0.15) is 16.6 Å². The van der Waals surface area contributed by atoms with E-state index in [1.54, 1.807) is 0 Å². The van der Waals surface area contributed by atoms with E-state index in [0.29, 0.717) is 0 Å². The van der Waals surface area contributed by atoms with Crippen molar-refractivity contribution in [3.63, 3.8) is 0 Å². The van der Waals surface area contributed by atoms with Crippen molar-refractivity contribution in [1.82, 2.24) is 4.90 Å². The van der Waals surface area contributed by atoms with Gasteiger partial charge in [0.25, 0.3) is 0 Å². The van der Waals surface area contributed by atoms with E-state index in [4.69, 9.17) is 0 Å². The first-order valence-electron chi connectivity index (χ1n) is 8.68. The second-order valence-corrected chi connectivity index (χ2v) is 8.17. The number of hydrogen-bond donors (Lipinski definition) is 0. The van der Waals surface area contributed by atoms with E-state index in [9.17, 15) is 0 Å². The Morgan fingerprint density at radius 3 is 1.12 bits per heavy atom. The molecule has 0 aliphatic carbocycles. The maximum atomic E-state index is 4.46. The second kappa shape index (κ2) is 6.05. The van der Waals surface area contributed by atoms with Crippen LogP contribution in [0.4, 0.5) is 0 Å². The van der Waals surface area contributed by atoms with Gasteiger partial charge in [-0.3, -0.25) is 4.90 Å². The highest BCUT2D eigenvalue weighted by molar-refractivity contribution is 5.20. The number of rotatable bonds is 6. The first-order valence-corrected chi connectivity index (χ1v) is 8.68. The zero-order valence-corrected chi connectivity index (χ0v) is 16.0. The van der Waals surface area contributed by atoms with Gasteiger partial charge in [-0.05, 0) is 59.8 Å². The molecule has 3 aliphatic heterocycles. The molecule has 0 radical (unpaired) electrons. The number of azo groups is 3. The molecule has 25 heavy (non-hydrogen) atoms. The largest absolute Gasteiger partial charge is 0.295 e. The summed E-state index contributed by atoms with van der Waals surface area (Å²) in [7, 11) is 0. The number of hydrogen-bond acceptors (Lipinski definition) is 7. The molecule has 3 rings (SSSR count). The van der Waals surface area contributed by atoms with Crippen LogP contribution in [-0.2, 0) is 0 Å². The molecule has 7 nitrogen and oxygen atoms in total. The molecule has 7 heteroatoms. The van der Waals surface area contributed by atoms with Crippen molar-refractivity contribution in [3.8, 4) is 0 Å². The Hall–Kier alpha value is -2.02. The molecule has 0 aromatic rings. The van der Waals surface area contributed by atoms with E-state index in [-0.39, 0.29) is 16.6 Å². The SMILES string of the molecule is CC1=CC(C)(CN(CC2(C)C=C(C)N=N2)CC2(C)C=C(C)N=N2)N=N1. The lowest BCUT2D eigenvalue weighted by Crippen LogP contribution is -2.49. The lowest BCUT2D eigenvalue weighted by atomic mass is 9.95. The highest BCUT2D eigenvalue weighted by atomic mass is 15.3. The van der Waals surface area contributed by atoms with Gasteiger partial charge in [0.2, 0.25) is 0 Å². The fourth-order valence-corrected chi connectivity index (χ4v) is 3.86. The van der Waals surface area contributed by atoms with Crippen LogP contribution in [0, 0.1) is 0 Å². The average molecular weight is 341 g/mol. The van der Waals surface area contributed by atoms with Crippen molar-refractivity contribution in [2.24, 2.45) is 30.7 Å². The Morgan fingerprint density at radius 1 is 0.640 bits per heavy atom. The topological polar surface area (TPSA) is 77.4 Å². The maximum absolute atomic E-state index is 4.46. The highest BCUT2D eigenvalue weighted by Crippen LogP contribution is 2.31. The van der Waals surface area contributed by atoms with Gasteiger partial charge in [-0.2, -0.15) is 30.7 Å². The average Bonchev–Trinajstić information content (AvgIpc) is 3.09.